The lowest BCUT2D eigenvalue weighted by Gasteiger charge is -2.24. The summed E-state index contributed by atoms with van der Waals surface area (Å²) in [5.74, 6) is 0.0787. The van der Waals surface area contributed by atoms with Gasteiger partial charge in [0.15, 0.2) is 6.61 Å². The molecule has 1 aromatic carbocycles. The van der Waals surface area contributed by atoms with Crippen LogP contribution in [0.3, 0.4) is 0 Å². The van der Waals surface area contributed by atoms with Crippen molar-refractivity contribution < 1.29 is 14.3 Å². The molecule has 5 nitrogen and oxygen atoms in total. The smallest absolute Gasteiger partial charge is 0.258 e. The normalized spacial score (nSPS) is 13.1. The van der Waals surface area contributed by atoms with Gasteiger partial charge >= 0.3 is 0 Å². The molecular weight excluding hydrogens is 360 g/mol. The molecule has 1 heterocycles. The number of rotatable bonds is 8. The number of carbonyl (C=O) groups excluding carboxylic acids is 2. The Bertz CT molecular complexity index is 771. The van der Waals surface area contributed by atoms with Crippen LogP contribution >= 0.6 is 11.3 Å². The van der Waals surface area contributed by atoms with Crippen molar-refractivity contribution in [2.45, 2.75) is 46.7 Å². The van der Waals surface area contributed by atoms with E-state index in [9.17, 15) is 9.59 Å². The summed E-state index contributed by atoms with van der Waals surface area (Å²) in [6, 6.07) is 10.5. The molecule has 0 saturated carbocycles. The first-order valence-corrected chi connectivity index (χ1v) is 9.94. The second-order valence-corrected chi connectivity index (χ2v) is 8.45. The second kappa shape index (κ2) is 9.55. The lowest BCUT2D eigenvalue weighted by Crippen LogP contribution is -2.51. The summed E-state index contributed by atoms with van der Waals surface area (Å²) in [7, 11) is 0. The number of carbonyl (C=O) groups is 2. The molecule has 0 aliphatic heterocycles. The number of thiophene rings is 1. The zero-order valence-corrected chi connectivity index (χ0v) is 17.4. The van der Waals surface area contributed by atoms with Gasteiger partial charge in [0.25, 0.3) is 5.91 Å². The lowest BCUT2D eigenvalue weighted by atomic mass is 10.0. The third kappa shape index (κ3) is 6.10. The molecule has 0 aliphatic rings. The van der Waals surface area contributed by atoms with Crippen molar-refractivity contribution >= 4 is 23.2 Å². The van der Waals surface area contributed by atoms with Crippen LogP contribution in [-0.4, -0.2) is 24.5 Å². The minimum atomic E-state index is -0.612. The van der Waals surface area contributed by atoms with Gasteiger partial charge in [-0.25, -0.2) is 0 Å². The SMILES string of the molecule is Cc1cc([C@@H](C)NC(=O)[C@@H](NC(=O)COc2ccccc2)C(C)C)c(C)s1. The van der Waals surface area contributed by atoms with Gasteiger partial charge in [0.05, 0.1) is 6.04 Å². The molecule has 0 aliphatic carbocycles. The monoisotopic (exact) mass is 388 g/mol. The molecule has 0 radical (unpaired) electrons. The summed E-state index contributed by atoms with van der Waals surface area (Å²) in [6.07, 6.45) is 0. The van der Waals surface area contributed by atoms with Crippen molar-refractivity contribution in [3.63, 3.8) is 0 Å². The van der Waals surface area contributed by atoms with Crippen LogP contribution in [-0.2, 0) is 9.59 Å². The van der Waals surface area contributed by atoms with Crippen molar-refractivity contribution in [2.24, 2.45) is 5.92 Å². The first-order chi connectivity index (χ1) is 12.8. The van der Waals surface area contributed by atoms with Crippen molar-refractivity contribution in [2.75, 3.05) is 6.61 Å². The molecule has 27 heavy (non-hydrogen) atoms. The van der Waals surface area contributed by atoms with E-state index < -0.39 is 6.04 Å². The van der Waals surface area contributed by atoms with Crippen molar-refractivity contribution in [3.8, 4) is 5.75 Å². The molecule has 1 aromatic heterocycles. The highest BCUT2D eigenvalue weighted by Crippen LogP contribution is 2.26. The molecule has 0 spiro atoms. The molecule has 0 unspecified atom stereocenters. The van der Waals surface area contributed by atoms with Gasteiger partial charge in [-0.1, -0.05) is 32.0 Å². The third-order valence-corrected chi connectivity index (χ3v) is 5.27. The Balaban J connectivity index is 1.94. The summed E-state index contributed by atoms with van der Waals surface area (Å²) < 4.78 is 5.45. The first kappa shape index (κ1) is 21.0. The average Bonchev–Trinajstić information content (AvgIpc) is 2.96. The zero-order valence-electron chi connectivity index (χ0n) is 16.5. The Morgan fingerprint density at radius 3 is 2.30 bits per heavy atom. The zero-order chi connectivity index (χ0) is 20.0. The van der Waals surface area contributed by atoms with Crippen molar-refractivity contribution in [1.29, 1.82) is 0 Å². The molecule has 0 bridgehead atoms. The van der Waals surface area contributed by atoms with Gasteiger partial charge in [-0.2, -0.15) is 0 Å². The van der Waals surface area contributed by atoms with Crippen LogP contribution < -0.4 is 15.4 Å². The molecule has 2 aromatic rings. The van der Waals surface area contributed by atoms with Gasteiger partial charge in [0.2, 0.25) is 5.91 Å². The van der Waals surface area contributed by atoms with Gasteiger partial charge in [-0.3, -0.25) is 9.59 Å². The van der Waals surface area contributed by atoms with Crippen LogP contribution in [0.4, 0.5) is 0 Å². The largest absolute Gasteiger partial charge is 0.484 e. The van der Waals surface area contributed by atoms with E-state index in [2.05, 4.69) is 30.5 Å². The van der Waals surface area contributed by atoms with E-state index in [1.54, 1.807) is 23.5 Å². The summed E-state index contributed by atoms with van der Waals surface area (Å²) in [5, 5.41) is 5.81. The molecule has 2 atom stereocenters. The van der Waals surface area contributed by atoms with E-state index in [4.69, 9.17) is 4.74 Å². The average molecular weight is 389 g/mol. The maximum atomic E-state index is 12.7. The van der Waals surface area contributed by atoms with E-state index in [-0.39, 0.29) is 30.4 Å². The highest BCUT2D eigenvalue weighted by atomic mass is 32.1. The molecule has 2 rings (SSSR count). The molecule has 0 fully saturated rings. The maximum Gasteiger partial charge on any atom is 0.258 e. The molecule has 2 amide bonds. The number of amides is 2. The fraction of sp³-hybridized carbons (Fsp3) is 0.429. The second-order valence-electron chi connectivity index (χ2n) is 6.99. The van der Waals surface area contributed by atoms with E-state index in [0.717, 1.165) is 5.56 Å². The predicted molar refractivity (Wildman–Crippen MR) is 109 cm³/mol. The number of hydrogen-bond acceptors (Lipinski definition) is 4. The first-order valence-electron chi connectivity index (χ1n) is 9.12. The maximum absolute atomic E-state index is 12.7. The van der Waals surface area contributed by atoms with Gasteiger partial charge < -0.3 is 15.4 Å². The van der Waals surface area contributed by atoms with Gasteiger partial charge in [-0.15, -0.1) is 11.3 Å². The van der Waals surface area contributed by atoms with Crippen LogP contribution in [0.25, 0.3) is 0 Å². The van der Waals surface area contributed by atoms with Crippen molar-refractivity contribution in [1.82, 2.24) is 10.6 Å². The van der Waals surface area contributed by atoms with E-state index >= 15 is 0 Å². The standard InChI is InChI=1S/C21H28N2O3S/c1-13(2)20(23-19(24)12-26-17-9-7-6-8-10-17)21(25)22-15(4)18-11-14(3)27-16(18)5/h6-11,13,15,20H,12H2,1-5H3,(H,22,25)(H,23,24)/t15-,20+/m1/s1. The Hall–Kier alpha value is -2.34. The Kier molecular flexibility index (Phi) is 7.42. The Labute approximate surface area is 165 Å². The number of nitrogens with one attached hydrogen (secondary N) is 2. The van der Waals surface area contributed by atoms with Gasteiger partial charge in [0, 0.05) is 9.75 Å². The Morgan fingerprint density at radius 2 is 1.74 bits per heavy atom. The summed E-state index contributed by atoms with van der Waals surface area (Å²) in [6.45, 7) is 9.77. The number of hydrogen-bond donors (Lipinski definition) is 2. The minimum Gasteiger partial charge on any atom is -0.484 e. The number of ether oxygens (including phenoxy) is 1. The van der Waals surface area contributed by atoms with Gasteiger partial charge in [0.1, 0.15) is 11.8 Å². The Morgan fingerprint density at radius 1 is 1.07 bits per heavy atom. The number of para-hydroxylation sites is 1. The predicted octanol–water partition coefficient (Wildman–Crippen LogP) is 3.76. The highest BCUT2D eigenvalue weighted by Gasteiger charge is 2.26. The third-order valence-electron chi connectivity index (χ3n) is 4.28. The highest BCUT2D eigenvalue weighted by molar-refractivity contribution is 7.12. The number of aryl methyl sites for hydroxylation is 2. The molecule has 2 N–H and O–H groups in total. The molecule has 0 saturated heterocycles. The van der Waals surface area contributed by atoms with Crippen LogP contribution in [0.15, 0.2) is 36.4 Å². The topological polar surface area (TPSA) is 67.4 Å². The summed E-state index contributed by atoms with van der Waals surface area (Å²) >= 11 is 1.72. The van der Waals surface area contributed by atoms with Crippen molar-refractivity contribution in [3.05, 3.63) is 51.7 Å². The quantitative estimate of drug-likeness (QED) is 0.723. The fourth-order valence-corrected chi connectivity index (χ4v) is 3.90. The fourth-order valence-electron chi connectivity index (χ4n) is 2.88. The van der Waals surface area contributed by atoms with E-state index in [1.165, 1.54) is 9.75 Å². The number of benzene rings is 1. The van der Waals surface area contributed by atoms with E-state index in [0.29, 0.717) is 5.75 Å². The van der Waals surface area contributed by atoms with Crippen LogP contribution in [0.1, 0.15) is 42.1 Å². The molecular formula is C21H28N2O3S. The van der Waals surface area contributed by atoms with Crippen LogP contribution in [0.5, 0.6) is 5.75 Å². The van der Waals surface area contributed by atoms with Crippen LogP contribution in [0, 0.1) is 19.8 Å². The van der Waals surface area contributed by atoms with Crippen LogP contribution in [0.2, 0.25) is 0 Å². The van der Waals surface area contributed by atoms with Gasteiger partial charge in [-0.05, 0) is 50.5 Å². The molecule has 146 valence electrons. The summed E-state index contributed by atoms with van der Waals surface area (Å²) in [4.78, 5) is 27.4. The minimum absolute atomic E-state index is 0.0387. The summed E-state index contributed by atoms with van der Waals surface area (Å²) in [5.41, 5.74) is 1.12. The van der Waals surface area contributed by atoms with E-state index in [1.807, 2.05) is 39.0 Å². The lowest BCUT2D eigenvalue weighted by molar-refractivity contribution is -0.131. The molecule has 6 heteroatoms.